The van der Waals surface area contributed by atoms with Gasteiger partial charge in [-0.3, -0.25) is 10.2 Å². The topological polar surface area (TPSA) is 61.4 Å². The molecular formula is C6H9N3O2. The van der Waals surface area contributed by atoms with E-state index in [0.29, 0.717) is 6.54 Å². The number of carbonyl (C=O) groups is 2. The molecule has 2 fully saturated rings. The summed E-state index contributed by atoms with van der Waals surface area (Å²) in [5.74, 6) is -0.0953. The second-order valence-electron chi connectivity index (χ2n) is 2.77. The number of nitrogens with zero attached hydrogens (tertiary/aromatic N) is 1. The highest BCUT2D eigenvalue weighted by Crippen LogP contribution is 2.18. The number of hydrazine groups is 1. The summed E-state index contributed by atoms with van der Waals surface area (Å²) >= 11 is 0. The van der Waals surface area contributed by atoms with Gasteiger partial charge < -0.3 is 4.90 Å². The van der Waals surface area contributed by atoms with Crippen LogP contribution in [0.1, 0.15) is 12.8 Å². The fraction of sp³-hybridized carbons (Fsp3) is 0.667. The van der Waals surface area contributed by atoms with Gasteiger partial charge in [-0.25, -0.2) is 10.2 Å². The molecule has 0 aromatic heterocycles. The molecule has 3 amide bonds. The molecule has 0 bridgehead atoms. The van der Waals surface area contributed by atoms with Crippen molar-refractivity contribution < 1.29 is 9.59 Å². The van der Waals surface area contributed by atoms with Crippen LogP contribution in [-0.2, 0) is 4.79 Å². The number of urea groups is 1. The molecule has 0 saturated carbocycles. The molecule has 1 unspecified atom stereocenters. The van der Waals surface area contributed by atoms with Gasteiger partial charge in [0.05, 0.1) is 0 Å². The summed E-state index contributed by atoms with van der Waals surface area (Å²) < 4.78 is 0. The van der Waals surface area contributed by atoms with Crippen LogP contribution in [0.5, 0.6) is 0 Å². The van der Waals surface area contributed by atoms with Gasteiger partial charge in [0.15, 0.2) is 0 Å². The quantitative estimate of drug-likeness (QED) is 0.481. The van der Waals surface area contributed by atoms with Crippen molar-refractivity contribution in [1.29, 1.82) is 0 Å². The van der Waals surface area contributed by atoms with E-state index in [1.54, 1.807) is 4.90 Å². The van der Waals surface area contributed by atoms with Crippen molar-refractivity contribution in [2.45, 2.75) is 18.9 Å². The van der Waals surface area contributed by atoms with Crippen LogP contribution < -0.4 is 10.9 Å². The van der Waals surface area contributed by atoms with E-state index in [1.165, 1.54) is 0 Å². The summed E-state index contributed by atoms with van der Waals surface area (Å²) in [5, 5.41) is 0. The molecule has 11 heavy (non-hydrogen) atoms. The molecule has 2 N–H and O–H groups in total. The number of hydrogen-bond donors (Lipinski definition) is 2. The van der Waals surface area contributed by atoms with Crippen LogP contribution in [0.2, 0.25) is 0 Å². The molecule has 2 heterocycles. The molecule has 5 heteroatoms. The molecule has 1 atom stereocenters. The van der Waals surface area contributed by atoms with Crippen LogP contribution >= 0.6 is 0 Å². The van der Waals surface area contributed by atoms with Crippen LogP contribution in [0, 0.1) is 0 Å². The third-order valence-electron chi connectivity index (χ3n) is 2.11. The molecule has 0 spiro atoms. The van der Waals surface area contributed by atoms with Crippen LogP contribution in [0.25, 0.3) is 0 Å². The van der Waals surface area contributed by atoms with Crippen molar-refractivity contribution in [3.8, 4) is 0 Å². The van der Waals surface area contributed by atoms with Gasteiger partial charge in [-0.15, -0.1) is 0 Å². The largest absolute Gasteiger partial charge is 0.336 e. The third kappa shape index (κ3) is 0.840. The SMILES string of the molecule is O=C1NNC(=O)N2CCCC12. The zero-order chi connectivity index (χ0) is 7.84. The first kappa shape index (κ1) is 6.45. The lowest BCUT2D eigenvalue weighted by molar-refractivity contribution is -0.127. The molecule has 5 nitrogen and oxygen atoms in total. The first-order chi connectivity index (χ1) is 5.29. The van der Waals surface area contributed by atoms with E-state index in [-0.39, 0.29) is 18.0 Å². The van der Waals surface area contributed by atoms with Gasteiger partial charge in [-0.1, -0.05) is 0 Å². The molecule has 0 radical (unpaired) electrons. The van der Waals surface area contributed by atoms with Crippen molar-refractivity contribution in [1.82, 2.24) is 15.8 Å². The normalized spacial score (nSPS) is 29.5. The maximum atomic E-state index is 11.1. The Morgan fingerprint density at radius 3 is 2.91 bits per heavy atom. The summed E-state index contributed by atoms with van der Waals surface area (Å²) in [6, 6.07) is -0.407. The van der Waals surface area contributed by atoms with Crippen molar-refractivity contribution in [2.24, 2.45) is 0 Å². The van der Waals surface area contributed by atoms with Crippen molar-refractivity contribution in [3.05, 3.63) is 0 Å². The van der Waals surface area contributed by atoms with Crippen molar-refractivity contribution in [2.75, 3.05) is 6.54 Å². The molecule has 60 valence electrons. The van der Waals surface area contributed by atoms with Gasteiger partial charge >= 0.3 is 6.03 Å². The summed E-state index contributed by atoms with van der Waals surface area (Å²) in [4.78, 5) is 23.6. The average Bonchev–Trinajstić information content (AvgIpc) is 2.45. The van der Waals surface area contributed by atoms with Gasteiger partial charge in [0.2, 0.25) is 0 Å². The Morgan fingerprint density at radius 1 is 1.36 bits per heavy atom. The Balaban J connectivity index is 2.20. The van der Waals surface area contributed by atoms with Gasteiger partial charge in [0.1, 0.15) is 6.04 Å². The number of amides is 3. The number of nitrogens with one attached hydrogen (secondary N) is 2. The standard InChI is InChI=1S/C6H9N3O2/c10-5-4-2-1-3-9(4)6(11)8-7-5/h4H,1-3H2,(H,7,10)(H,8,11). The molecule has 2 rings (SSSR count). The molecule has 0 aromatic rings. The second-order valence-corrected chi connectivity index (χ2v) is 2.77. The summed E-state index contributed by atoms with van der Waals surface area (Å²) in [6.45, 7) is 0.698. The van der Waals surface area contributed by atoms with E-state index in [1.807, 2.05) is 0 Å². The second kappa shape index (κ2) is 2.11. The van der Waals surface area contributed by atoms with Crippen LogP contribution in [0.3, 0.4) is 0 Å². The Bertz CT molecular complexity index is 194. The van der Waals surface area contributed by atoms with Crippen LogP contribution in [-0.4, -0.2) is 29.4 Å². The smallest absolute Gasteiger partial charge is 0.311 e. The number of carbonyl (C=O) groups excluding carboxylic acids is 2. The van der Waals surface area contributed by atoms with E-state index in [0.717, 1.165) is 12.8 Å². The Labute approximate surface area is 63.7 Å². The summed E-state index contributed by atoms with van der Waals surface area (Å²) in [7, 11) is 0. The van der Waals surface area contributed by atoms with E-state index < -0.39 is 0 Å². The Morgan fingerprint density at radius 2 is 2.18 bits per heavy atom. The molecule has 2 aliphatic rings. The highest BCUT2D eigenvalue weighted by molar-refractivity contribution is 5.92. The fourth-order valence-corrected chi connectivity index (χ4v) is 1.55. The van der Waals surface area contributed by atoms with E-state index in [2.05, 4.69) is 10.9 Å². The van der Waals surface area contributed by atoms with Crippen LogP contribution in [0.4, 0.5) is 4.79 Å². The number of hydrogen-bond acceptors (Lipinski definition) is 2. The van der Waals surface area contributed by atoms with E-state index >= 15 is 0 Å². The zero-order valence-electron chi connectivity index (χ0n) is 5.96. The molecule has 2 saturated heterocycles. The number of fused-ring (bicyclic) bond motifs is 1. The maximum absolute atomic E-state index is 11.1. The minimum absolute atomic E-state index is 0.0953. The predicted molar refractivity (Wildman–Crippen MR) is 36.4 cm³/mol. The Kier molecular flexibility index (Phi) is 1.24. The average molecular weight is 155 g/mol. The summed E-state index contributed by atoms with van der Waals surface area (Å²) in [6.07, 6.45) is 1.71. The fourth-order valence-electron chi connectivity index (χ4n) is 1.55. The lowest BCUT2D eigenvalue weighted by Gasteiger charge is -2.29. The van der Waals surface area contributed by atoms with Crippen LogP contribution in [0.15, 0.2) is 0 Å². The Hall–Kier alpha value is -1.26. The summed E-state index contributed by atoms with van der Waals surface area (Å²) in [5.41, 5.74) is 4.61. The highest BCUT2D eigenvalue weighted by Gasteiger charge is 2.37. The molecule has 2 aliphatic heterocycles. The van der Waals surface area contributed by atoms with Gasteiger partial charge in [0.25, 0.3) is 5.91 Å². The molecule has 0 aliphatic carbocycles. The monoisotopic (exact) mass is 155 g/mol. The maximum Gasteiger partial charge on any atom is 0.336 e. The van der Waals surface area contributed by atoms with Gasteiger partial charge in [-0.2, -0.15) is 0 Å². The zero-order valence-corrected chi connectivity index (χ0v) is 5.96. The minimum Gasteiger partial charge on any atom is -0.311 e. The van der Waals surface area contributed by atoms with Gasteiger partial charge in [-0.05, 0) is 12.8 Å². The predicted octanol–water partition coefficient (Wildman–Crippen LogP) is -0.795. The van der Waals surface area contributed by atoms with E-state index in [4.69, 9.17) is 0 Å². The molecular weight excluding hydrogens is 146 g/mol. The minimum atomic E-state index is -0.219. The number of rotatable bonds is 0. The lowest BCUT2D eigenvalue weighted by Crippen LogP contribution is -2.61. The lowest BCUT2D eigenvalue weighted by atomic mass is 10.2. The van der Waals surface area contributed by atoms with Crippen molar-refractivity contribution in [3.63, 3.8) is 0 Å². The van der Waals surface area contributed by atoms with Crippen molar-refractivity contribution >= 4 is 11.9 Å². The van der Waals surface area contributed by atoms with Gasteiger partial charge in [0, 0.05) is 6.54 Å². The van der Waals surface area contributed by atoms with E-state index in [9.17, 15) is 9.59 Å². The first-order valence-electron chi connectivity index (χ1n) is 3.65. The first-order valence-corrected chi connectivity index (χ1v) is 3.65. The molecule has 0 aromatic carbocycles. The highest BCUT2D eigenvalue weighted by atomic mass is 16.2. The third-order valence-corrected chi connectivity index (χ3v) is 2.11.